The molecule has 5 heterocycles. The van der Waals surface area contributed by atoms with E-state index in [2.05, 4.69) is 37.8 Å². The van der Waals surface area contributed by atoms with Gasteiger partial charge in [0.1, 0.15) is 35.7 Å². The Morgan fingerprint density at radius 3 is 2.58 bits per heavy atom. The van der Waals surface area contributed by atoms with Crippen LogP contribution in [0.15, 0.2) is 97.1 Å². The molecule has 2 N–H and O–H groups in total. The molecule has 0 radical (unpaired) electrons. The average molecular weight is 789 g/mol. The smallest absolute Gasteiger partial charge is 0.410 e. The molecule has 0 aliphatic carbocycles. The minimum Gasteiger partial charge on any atom is -0.508 e. The van der Waals surface area contributed by atoms with Gasteiger partial charge in [0.25, 0.3) is 15.9 Å². The molecule has 17 heteroatoms. The lowest BCUT2D eigenvalue weighted by Gasteiger charge is -2.41. The van der Waals surface area contributed by atoms with Gasteiger partial charge < -0.3 is 24.8 Å². The Morgan fingerprint density at radius 1 is 1.11 bits per heavy atom. The number of fused-ring (bicyclic) bond motifs is 4. The van der Waals surface area contributed by atoms with Crippen LogP contribution in [0.25, 0.3) is 32.9 Å². The number of halogens is 1. The highest BCUT2D eigenvalue weighted by molar-refractivity contribution is 7.90. The van der Waals surface area contributed by atoms with Gasteiger partial charge in [-0.3, -0.25) is 14.7 Å². The zero-order valence-electron chi connectivity index (χ0n) is 30.1. The van der Waals surface area contributed by atoms with Gasteiger partial charge in [-0.15, -0.1) is 6.42 Å². The van der Waals surface area contributed by atoms with E-state index in [1.54, 1.807) is 23.1 Å². The number of hydrogen-bond acceptors (Lipinski definition) is 12. The van der Waals surface area contributed by atoms with Crippen LogP contribution >= 0.6 is 0 Å². The van der Waals surface area contributed by atoms with Gasteiger partial charge >= 0.3 is 12.1 Å². The zero-order valence-corrected chi connectivity index (χ0v) is 30.9. The highest BCUT2D eigenvalue weighted by Gasteiger charge is 2.44. The van der Waals surface area contributed by atoms with Crippen molar-refractivity contribution in [3.63, 3.8) is 0 Å². The zero-order chi connectivity index (χ0) is 39.8. The number of aromatic hydroxyl groups is 1. The van der Waals surface area contributed by atoms with Gasteiger partial charge in [-0.1, -0.05) is 30.7 Å². The molecule has 2 aliphatic heterocycles. The summed E-state index contributed by atoms with van der Waals surface area (Å²) in [5, 5.41) is 14.6. The Morgan fingerprint density at radius 2 is 1.88 bits per heavy atom. The Kier molecular flexibility index (Phi) is 9.63. The van der Waals surface area contributed by atoms with E-state index >= 15 is 4.39 Å². The highest BCUT2D eigenvalue weighted by atomic mass is 32.2. The van der Waals surface area contributed by atoms with Crippen molar-refractivity contribution < 1.29 is 37.0 Å². The van der Waals surface area contributed by atoms with Crippen LogP contribution < -0.4 is 15.0 Å². The number of piperazine rings is 1. The molecule has 15 nitrogen and oxygen atoms in total. The number of amides is 2. The van der Waals surface area contributed by atoms with Gasteiger partial charge in [0.15, 0.2) is 12.4 Å². The fraction of sp³-hybridized carbons (Fsp3) is 0.200. The second-order valence-electron chi connectivity index (χ2n) is 13.4. The monoisotopic (exact) mass is 788 g/mol. The molecule has 0 unspecified atom stereocenters. The van der Waals surface area contributed by atoms with Crippen LogP contribution in [-0.2, 0) is 19.6 Å². The summed E-state index contributed by atoms with van der Waals surface area (Å²) in [5.74, 6) is 1.31. The van der Waals surface area contributed by atoms with E-state index < -0.39 is 34.4 Å². The summed E-state index contributed by atoms with van der Waals surface area (Å²) in [4.78, 5) is 47.0. The standard InChI is InChI=1S/C40H33FN8O7S/c1-3-16-55-40(52)49-27-10-11-28(49)21-47(20-27)38-32-19-43-36(31-18-29(50)17-25-7-5-6-24(4-2)34(25)31)35(41)37(32)45-39(46-38)56-22-33(51)44-26-8-12-30(13-9-26)57(53,54)48-15-14-42-23-48/h2-3,5-9,12-15,17-19,23,27-28,50H,1,10-11,16,20-22H2,(H,44,51)/t27-,28+. The van der Waals surface area contributed by atoms with Gasteiger partial charge in [-0.25, -0.2) is 26.6 Å². The number of nitrogens with zero attached hydrogens (tertiary/aromatic N) is 7. The van der Waals surface area contributed by atoms with Gasteiger partial charge in [0, 0.05) is 53.9 Å². The van der Waals surface area contributed by atoms with E-state index in [1.165, 1.54) is 67.4 Å². The van der Waals surface area contributed by atoms with Crippen molar-refractivity contribution in [2.24, 2.45) is 0 Å². The fourth-order valence-corrected chi connectivity index (χ4v) is 8.48. The van der Waals surface area contributed by atoms with E-state index in [1.807, 2.05) is 4.90 Å². The fourth-order valence-electron chi connectivity index (χ4n) is 7.36. The lowest BCUT2D eigenvalue weighted by atomic mass is 9.96. The Hall–Kier alpha value is -7.06. The summed E-state index contributed by atoms with van der Waals surface area (Å²) in [7, 11) is -3.86. The molecule has 2 fully saturated rings. The molecular weight excluding hydrogens is 756 g/mol. The molecule has 8 rings (SSSR count). The number of nitrogens with one attached hydrogen (secondary N) is 1. The van der Waals surface area contributed by atoms with Crippen molar-refractivity contribution in [3.05, 3.63) is 104 Å². The second kappa shape index (κ2) is 14.9. The Labute approximate surface area is 325 Å². The first kappa shape index (κ1) is 36.9. The van der Waals surface area contributed by atoms with Gasteiger partial charge in [0.05, 0.1) is 22.4 Å². The predicted octanol–water partition coefficient (Wildman–Crippen LogP) is 5.10. The molecule has 2 amide bonds. The van der Waals surface area contributed by atoms with Crippen molar-refractivity contribution in [1.29, 1.82) is 0 Å². The number of phenolic OH excluding ortho intramolecular Hbond substituents is 1. The summed E-state index contributed by atoms with van der Waals surface area (Å²) < 4.78 is 54.7. The largest absolute Gasteiger partial charge is 0.508 e. The average Bonchev–Trinajstić information content (AvgIpc) is 3.86. The third kappa shape index (κ3) is 6.91. The van der Waals surface area contributed by atoms with Crippen molar-refractivity contribution in [3.8, 4) is 35.4 Å². The van der Waals surface area contributed by atoms with Crippen molar-refractivity contribution >= 4 is 55.2 Å². The maximum Gasteiger partial charge on any atom is 0.410 e. The first-order valence-electron chi connectivity index (χ1n) is 17.7. The minimum atomic E-state index is -3.86. The van der Waals surface area contributed by atoms with Crippen LogP contribution in [0.2, 0.25) is 0 Å². The molecule has 6 aromatic rings. The number of aromatic nitrogens is 5. The van der Waals surface area contributed by atoms with Crippen molar-refractivity contribution in [2.75, 3.05) is 36.5 Å². The number of carbonyl (C=O) groups is 2. The number of hydrogen-bond donors (Lipinski definition) is 2. The van der Waals surface area contributed by atoms with E-state index in [0.29, 0.717) is 48.0 Å². The normalized spacial score (nSPS) is 16.4. The number of benzene rings is 3. The van der Waals surface area contributed by atoms with Crippen LogP contribution in [0.5, 0.6) is 11.8 Å². The van der Waals surface area contributed by atoms with Crippen molar-refractivity contribution in [2.45, 2.75) is 29.8 Å². The number of rotatable bonds is 10. The molecular formula is C40H33FN8O7S. The van der Waals surface area contributed by atoms with E-state index in [0.717, 1.165) is 3.97 Å². The Bertz CT molecular complexity index is 2710. The molecule has 2 aliphatic rings. The number of phenols is 1. The minimum absolute atomic E-state index is 0.0140. The number of anilines is 2. The van der Waals surface area contributed by atoms with Gasteiger partial charge in [-0.05, 0) is 60.7 Å². The predicted molar refractivity (Wildman–Crippen MR) is 208 cm³/mol. The second-order valence-corrected chi connectivity index (χ2v) is 15.2. The number of pyridine rings is 1. The van der Waals surface area contributed by atoms with Crippen LogP contribution in [-0.4, -0.2) is 92.7 Å². The molecule has 2 saturated heterocycles. The maximum atomic E-state index is 17.0. The molecule has 2 bridgehead atoms. The Balaban J connectivity index is 1.12. The third-order valence-electron chi connectivity index (χ3n) is 9.86. The molecule has 0 spiro atoms. The molecule has 288 valence electrons. The summed E-state index contributed by atoms with van der Waals surface area (Å²) in [6.45, 7) is 3.78. The number of ether oxygens (including phenoxy) is 2. The van der Waals surface area contributed by atoms with E-state index in [-0.39, 0.29) is 63.3 Å². The van der Waals surface area contributed by atoms with Gasteiger partial charge in [-0.2, -0.15) is 9.97 Å². The third-order valence-corrected chi connectivity index (χ3v) is 11.5. The summed E-state index contributed by atoms with van der Waals surface area (Å²) in [6.07, 6.45) is 13.6. The highest BCUT2D eigenvalue weighted by Crippen LogP contribution is 2.40. The number of carbonyl (C=O) groups excluding carboxylic acids is 2. The van der Waals surface area contributed by atoms with E-state index in [4.69, 9.17) is 15.9 Å². The molecule has 57 heavy (non-hydrogen) atoms. The van der Waals surface area contributed by atoms with Crippen LogP contribution in [0.3, 0.4) is 0 Å². The van der Waals surface area contributed by atoms with E-state index in [9.17, 15) is 23.1 Å². The lowest BCUT2D eigenvalue weighted by molar-refractivity contribution is -0.118. The van der Waals surface area contributed by atoms with Gasteiger partial charge in [0.2, 0.25) is 0 Å². The van der Waals surface area contributed by atoms with Crippen LogP contribution in [0.1, 0.15) is 18.4 Å². The van der Waals surface area contributed by atoms with Crippen LogP contribution in [0.4, 0.5) is 20.7 Å². The SMILES string of the molecule is C#Cc1cccc2cc(O)cc(-c3ncc4c(N5C[C@H]6CC[C@@H](C5)N6C(=O)OCC=C)nc(OCC(=O)Nc5ccc(S(=O)(=O)n6ccnc6)cc5)nc4c3F)c12. The molecule has 0 saturated carbocycles. The summed E-state index contributed by atoms with van der Waals surface area (Å²) >= 11 is 0. The lowest BCUT2D eigenvalue weighted by Crippen LogP contribution is -2.56. The topological polar surface area (TPSA) is 182 Å². The first-order valence-corrected chi connectivity index (χ1v) is 19.2. The summed E-state index contributed by atoms with van der Waals surface area (Å²) in [6, 6.07) is 12.9. The molecule has 3 aromatic carbocycles. The summed E-state index contributed by atoms with van der Waals surface area (Å²) in [5.41, 5.74) is 0.711. The number of imidazole rings is 1. The first-order chi connectivity index (χ1) is 27.5. The van der Waals surface area contributed by atoms with Crippen LogP contribution in [0, 0.1) is 18.2 Å². The molecule has 2 atom stereocenters. The van der Waals surface area contributed by atoms with Crippen molar-refractivity contribution in [1.82, 2.24) is 28.8 Å². The molecule has 3 aromatic heterocycles. The maximum absolute atomic E-state index is 17.0. The number of terminal acetylenes is 1. The quantitative estimate of drug-likeness (QED) is 0.139.